The number of aromatic amines is 1. The highest BCUT2D eigenvalue weighted by Gasteiger charge is 2.37. The van der Waals surface area contributed by atoms with Crippen LogP contribution in [0, 0.1) is 5.92 Å². The lowest BCUT2D eigenvalue weighted by atomic mass is 9.91. The average Bonchev–Trinajstić information content (AvgIpc) is 3.29. The second kappa shape index (κ2) is 8.10. The van der Waals surface area contributed by atoms with Crippen molar-refractivity contribution in [3.05, 3.63) is 17.5 Å². The zero-order valence-electron chi connectivity index (χ0n) is 16.4. The van der Waals surface area contributed by atoms with E-state index in [0.717, 1.165) is 18.5 Å². The van der Waals surface area contributed by atoms with Gasteiger partial charge in [-0.25, -0.2) is 0 Å². The maximum atomic E-state index is 12.9. The quantitative estimate of drug-likeness (QED) is 0.834. The van der Waals surface area contributed by atoms with Gasteiger partial charge >= 0.3 is 0 Å². The van der Waals surface area contributed by atoms with Crippen molar-refractivity contribution in [2.24, 2.45) is 5.92 Å². The number of likely N-dealkylation sites (tertiary alicyclic amines) is 2. The molecule has 0 aromatic carbocycles. The molecule has 2 saturated heterocycles. The molecule has 1 aromatic rings. The Balaban J connectivity index is 1.72. The number of amides is 3. The Morgan fingerprint density at radius 1 is 1.30 bits per heavy atom. The smallest absolute Gasteiger partial charge is 0.257 e. The van der Waals surface area contributed by atoms with Gasteiger partial charge < -0.3 is 14.7 Å². The third kappa shape index (κ3) is 3.84. The van der Waals surface area contributed by atoms with Crippen LogP contribution >= 0.6 is 0 Å². The van der Waals surface area contributed by atoms with Gasteiger partial charge in [0.1, 0.15) is 0 Å². The van der Waals surface area contributed by atoms with Crippen molar-refractivity contribution in [3.63, 3.8) is 0 Å². The van der Waals surface area contributed by atoms with Gasteiger partial charge in [-0.05, 0) is 26.7 Å². The monoisotopic (exact) mass is 375 g/mol. The number of carbonyl (C=O) groups excluding carboxylic acids is 3. The third-order valence-corrected chi connectivity index (χ3v) is 5.78. The summed E-state index contributed by atoms with van der Waals surface area (Å²) in [5.41, 5.74) is 1.43. The number of piperidine rings is 1. The molecule has 3 heterocycles. The Bertz CT molecular complexity index is 712. The molecule has 0 aliphatic carbocycles. The average molecular weight is 375 g/mol. The number of nitrogens with one attached hydrogen (secondary N) is 1. The zero-order chi connectivity index (χ0) is 19.6. The predicted molar refractivity (Wildman–Crippen MR) is 100 cm³/mol. The van der Waals surface area contributed by atoms with Gasteiger partial charge in [-0.1, -0.05) is 0 Å². The summed E-state index contributed by atoms with van der Waals surface area (Å²) in [4.78, 5) is 42.7. The highest BCUT2D eigenvalue weighted by Crippen LogP contribution is 2.30. The summed E-state index contributed by atoms with van der Waals surface area (Å²) in [5.74, 6) is -0.124. The Morgan fingerprint density at radius 2 is 2.04 bits per heavy atom. The number of H-pyrrole nitrogens is 1. The molecule has 3 amide bonds. The van der Waals surface area contributed by atoms with Gasteiger partial charge in [0, 0.05) is 52.1 Å². The largest absolute Gasteiger partial charge is 0.345 e. The molecule has 0 spiro atoms. The molecule has 27 heavy (non-hydrogen) atoms. The van der Waals surface area contributed by atoms with E-state index >= 15 is 0 Å². The lowest BCUT2D eigenvalue weighted by Crippen LogP contribution is -2.43. The number of hydrogen-bond acceptors (Lipinski definition) is 4. The minimum atomic E-state index is -0.250. The molecule has 0 bridgehead atoms. The van der Waals surface area contributed by atoms with Crippen molar-refractivity contribution in [2.75, 3.05) is 39.8 Å². The summed E-state index contributed by atoms with van der Waals surface area (Å²) >= 11 is 0. The highest BCUT2D eigenvalue weighted by molar-refractivity contribution is 5.95. The van der Waals surface area contributed by atoms with Gasteiger partial charge in [0.25, 0.3) is 5.91 Å². The van der Waals surface area contributed by atoms with Crippen molar-refractivity contribution in [1.29, 1.82) is 0 Å². The SMILES string of the molecule is CCN(CC)C(=O)c1cn[nH]c1[C@H]1CCCN(C(=O)[C@H]2CC(=O)N(C)C2)C1. The Labute approximate surface area is 159 Å². The van der Waals surface area contributed by atoms with Crippen LogP contribution in [0.3, 0.4) is 0 Å². The van der Waals surface area contributed by atoms with Gasteiger partial charge in [-0.2, -0.15) is 5.10 Å². The summed E-state index contributed by atoms with van der Waals surface area (Å²) < 4.78 is 0. The molecule has 8 heteroatoms. The van der Waals surface area contributed by atoms with E-state index < -0.39 is 0 Å². The van der Waals surface area contributed by atoms with E-state index in [0.29, 0.717) is 44.7 Å². The van der Waals surface area contributed by atoms with Crippen molar-refractivity contribution in [1.82, 2.24) is 24.9 Å². The Hall–Kier alpha value is -2.38. The summed E-state index contributed by atoms with van der Waals surface area (Å²) in [6.07, 6.45) is 3.69. The second-order valence-corrected chi connectivity index (χ2v) is 7.47. The first-order chi connectivity index (χ1) is 13.0. The van der Waals surface area contributed by atoms with Crippen LogP contribution in [-0.2, 0) is 9.59 Å². The van der Waals surface area contributed by atoms with E-state index in [2.05, 4.69) is 10.2 Å². The molecular formula is C19H29N5O3. The molecule has 2 aliphatic rings. The first-order valence-corrected chi connectivity index (χ1v) is 9.81. The second-order valence-electron chi connectivity index (χ2n) is 7.47. The van der Waals surface area contributed by atoms with Crippen molar-refractivity contribution in [2.45, 2.75) is 39.0 Å². The van der Waals surface area contributed by atoms with E-state index in [9.17, 15) is 14.4 Å². The topological polar surface area (TPSA) is 89.6 Å². The van der Waals surface area contributed by atoms with Gasteiger partial charge in [0.05, 0.1) is 23.4 Å². The van der Waals surface area contributed by atoms with E-state index in [1.165, 1.54) is 0 Å². The summed E-state index contributed by atoms with van der Waals surface area (Å²) in [6.45, 7) is 6.99. The van der Waals surface area contributed by atoms with Gasteiger partial charge in [0.2, 0.25) is 11.8 Å². The third-order valence-electron chi connectivity index (χ3n) is 5.78. The molecule has 0 unspecified atom stereocenters. The summed E-state index contributed by atoms with van der Waals surface area (Å²) in [5, 5.41) is 7.11. The maximum absolute atomic E-state index is 12.9. The van der Waals surface area contributed by atoms with E-state index in [4.69, 9.17) is 0 Å². The first kappa shape index (κ1) is 19.4. The number of aromatic nitrogens is 2. The molecule has 3 rings (SSSR count). The molecule has 8 nitrogen and oxygen atoms in total. The van der Waals surface area contributed by atoms with E-state index in [1.807, 2.05) is 18.7 Å². The van der Waals surface area contributed by atoms with Crippen LogP contribution in [-0.4, -0.2) is 82.4 Å². The fourth-order valence-corrected chi connectivity index (χ4v) is 4.16. The van der Waals surface area contributed by atoms with Crippen LogP contribution in [0.2, 0.25) is 0 Å². The van der Waals surface area contributed by atoms with Gasteiger partial charge in [-0.15, -0.1) is 0 Å². The molecule has 2 aliphatic heterocycles. The van der Waals surface area contributed by atoms with Crippen LogP contribution in [0.25, 0.3) is 0 Å². The fourth-order valence-electron chi connectivity index (χ4n) is 4.16. The van der Waals surface area contributed by atoms with Crippen LogP contribution < -0.4 is 0 Å². The van der Waals surface area contributed by atoms with Crippen LogP contribution in [0.4, 0.5) is 0 Å². The van der Waals surface area contributed by atoms with Crippen molar-refractivity contribution in [3.8, 4) is 0 Å². The Morgan fingerprint density at radius 3 is 2.67 bits per heavy atom. The number of nitrogens with zero attached hydrogens (tertiary/aromatic N) is 4. The molecule has 148 valence electrons. The predicted octanol–water partition coefficient (Wildman–Crippen LogP) is 1.08. The normalized spacial score (nSPS) is 23.0. The standard InChI is InChI=1S/C19H29N5O3/c1-4-23(5-2)19(27)15-10-20-21-17(15)13-7-6-8-24(12-13)18(26)14-9-16(25)22(3)11-14/h10,13-14H,4-9,11-12H2,1-3H3,(H,20,21)/t13-,14-/m0/s1. The Kier molecular flexibility index (Phi) is 5.82. The van der Waals surface area contributed by atoms with Gasteiger partial charge in [-0.3, -0.25) is 19.5 Å². The van der Waals surface area contributed by atoms with Crippen molar-refractivity contribution >= 4 is 17.7 Å². The van der Waals surface area contributed by atoms with Crippen LogP contribution in [0.1, 0.15) is 55.1 Å². The number of hydrogen-bond donors (Lipinski definition) is 1. The molecule has 2 fully saturated rings. The zero-order valence-corrected chi connectivity index (χ0v) is 16.4. The van der Waals surface area contributed by atoms with Crippen LogP contribution in [0.15, 0.2) is 6.20 Å². The van der Waals surface area contributed by atoms with Gasteiger partial charge in [0.15, 0.2) is 0 Å². The molecule has 1 N–H and O–H groups in total. The van der Waals surface area contributed by atoms with Crippen LogP contribution in [0.5, 0.6) is 0 Å². The minimum Gasteiger partial charge on any atom is -0.345 e. The summed E-state index contributed by atoms with van der Waals surface area (Å²) in [7, 11) is 1.74. The summed E-state index contributed by atoms with van der Waals surface area (Å²) in [6, 6.07) is 0. The molecule has 0 radical (unpaired) electrons. The minimum absolute atomic E-state index is 0.0183. The van der Waals surface area contributed by atoms with E-state index in [1.54, 1.807) is 23.0 Å². The first-order valence-electron chi connectivity index (χ1n) is 9.81. The van der Waals surface area contributed by atoms with Crippen molar-refractivity contribution < 1.29 is 14.4 Å². The molecular weight excluding hydrogens is 346 g/mol. The number of rotatable bonds is 5. The molecule has 0 saturated carbocycles. The van der Waals surface area contributed by atoms with E-state index in [-0.39, 0.29) is 29.6 Å². The lowest BCUT2D eigenvalue weighted by molar-refractivity contribution is -0.137. The fraction of sp³-hybridized carbons (Fsp3) is 0.684. The lowest BCUT2D eigenvalue weighted by Gasteiger charge is -2.34. The molecule has 1 aromatic heterocycles. The molecule has 2 atom stereocenters. The number of carbonyl (C=O) groups is 3. The maximum Gasteiger partial charge on any atom is 0.257 e. The highest BCUT2D eigenvalue weighted by atomic mass is 16.2.